The molecule has 0 aliphatic rings. The van der Waals surface area contributed by atoms with Gasteiger partial charge in [0, 0.05) is 13.1 Å². The van der Waals surface area contributed by atoms with Gasteiger partial charge < -0.3 is 5.73 Å². The molecule has 1 aromatic heterocycles. The molecule has 0 radical (unpaired) electrons. The topological polar surface area (TPSA) is 76.3 Å². The fourth-order valence-electron chi connectivity index (χ4n) is 1.43. The first-order valence-corrected chi connectivity index (χ1v) is 7.42. The van der Waals surface area contributed by atoms with Crippen LogP contribution in [0.15, 0.2) is 16.4 Å². The number of nitrogen functional groups attached to an aromatic ring is 1. The number of thiazole rings is 1. The van der Waals surface area contributed by atoms with Crippen LogP contribution in [0.5, 0.6) is 0 Å². The number of anilines is 1. The number of rotatable bonds is 5. The second-order valence-electron chi connectivity index (χ2n) is 3.81. The number of nitrogens with zero attached hydrogens (tertiary/aromatic N) is 2. The Morgan fingerprint density at radius 1 is 1.59 bits per heavy atom. The fourth-order valence-corrected chi connectivity index (χ4v) is 4.37. The van der Waals surface area contributed by atoms with Crippen molar-refractivity contribution in [2.75, 3.05) is 18.8 Å². The number of nitrogens with two attached hydrogens (primary N) is 1. The molecule has 0 amide bonds. The zero-order valence-electron chi connectivity index (χ0n) is 10.2. The van der Waals surface area contributed by atoms with E-state index >= 15 is 0 Å². The average molecular weight is 275 g/mol. The predicted molar refractivity (Wildman–Crippen MR) is 70.5 cm³/mol. The Morgan fingerprint density at radius 2 is 2.18 bits per heavy atom. The third kappa shape index (κ3) is 3.05. The maximum atomic E-state index is 12.3. The van der Waals surface area contributed by atoms with Crippen LogP contribution >= 0.6 is 11.3 Å². The summed E-state index contributed by atoms with van der Waals surface area (Å²) in [6, 6.07) is 0. The highest BCUT2D eigenvalue weighted by molar-refractivity contribution is 7.91. The summed E-state index contributed by atoms with van der Waals surface area (Å²) >= 11 is 0.999. The van der Waals surface area contributed by atoms with E-state index in [9.17, 15) is 8.42 Å². The van der Waals surface area contributed by atoms with Gasteiger partial charge in [-0.2, -0.15) is 4.31 Å². The Balaban J connectivity index is 3.17. The zero-order valence-corrected chi connectivity index (χ0v) is 11.9. The highest BCUT2D eigenvalue weighted by atomic mass is 32.2. The fraction of sp³-hybridized carbons (Fsp3) is 0.500. The predicted octanol–water partition coefficient (Wildman–Crippen LogP) is 1.62. The van der Waals surface area contributed by atoms with E-state index in [2.05, 4.69) is 11.6 Å². The molecule has 7 heteroatoms. The van der Waals surface area contributed by atoms with E-state index in [1.165, 1.54) is 4.31 Å². The van der Waals surface area contributed by atoms with Gasteiger partial charge in [-0.15, -0.1) is 0 Å². The van der Waals surface area contributed by atoms with Gasteiger partial charge in [0.25, 0.3) is 10.0 Å². The molecule has 2 N–H and O–H groups in total. The standard InChI is InChI=1S/C10H17N3O2S2/c1-5-13(6-7(2)3)17(14,15)9-8(4)12-10(11)16-9/h2,5-6H2,1,3-4H3,(H2,11,12). The summed E-state index contributed by atoms with van der Waals surface area (Å²) in [5, 5.41) is 0.271. The van der Waals surface area contributed by atoms with E-state index in [0.717, 1.165) is 16.9 Å². The average Bonchev–Trinajstić information content (AvgIpc) is 2.54. The van der Waals surface area contributed by atoms with Crippen LogP contribution in [0.1, 0.15) is 19.5 Å². The van der Waals surface area contributed by atoms with Gasteiger partial charge in [0.15, 0.2) is 9.34 Å². The first-order valence-electron chi connectivity index (χ1n) is 5.16. The molecule has 0 aliphatic heterocycles. The van der Waals surface area contributed by atoms with Crippen molar-refractivity contribution < 1.29 is 8.42 Å². The van der Waals surface area contributed by atoms with Gasteiger partial charge in [0.2, 0.25) is 0 Å². The third-order valence-corrected chi connectivity index (χ3v) is 5.64. The van der Waals surface area contributed by atoms with Crippen LogP contribution < -0.4 is 5.73 Å². The van der Waals surface area contributed by atoms with E-state index in [1.807, 2.05) is 0 Å². The quantitative estimate of drug-likeness (QED) is 0.828. The molecule has 0 saturated heterocycles. The zero-order chi connectivity index (χ0) is 13.2. The lowest BCUT2D eigenvalue weighted by molar-refractivity contribution is 0.454. The molecular formula is C10H17N3O2S2. The normalized spacial score (nSPS) is 12.0. The lowest BCUT2D eigenvalue weighted by Crippen LogP contribution is -2.32. The lowest BCUT2D eigenvalue weighted by atomic mass is 10.3. The van der Waals surface area contributed by atoms with Gasteiger partial charge >= 0.3 is 0 Å². The smallest absolute Gasteiger partial charge is 0.254 e. The minimum Gasteiger partial charge on any atom is -0.375 e. The lowest BCUT2D eigenvalue weighted by Gasteiger charge is -2.19. The Kier molecular flexibility index (Phi) is 4.29. The van der Waals surface area contributed by atoms with Gasteiger partial charge in [0.1, 0.15) is 0 Å². The summed E-state index contributed by atoms with van der Waals surface area (Å²) in [4.78, 5) is 3.94. The largest absolute Gasteiger partial charge is 0.375 e. The maximum Gasteiger partial charge on any atom is 0.254 e. The summed E-state index contributed by atoms with van der Waals surface area (Å²) in [7, 11) is -3.51. The molecule has 17 heavy (non-hydrogen) atoms. The summed E-state index contributed by atoms with van der Waals surface area (Å²) in [5.74, 6) is 0. The molecule has 1 heterocycles. The number of sulfonamides is 1. The van der Waals surface area contributed by atoms with Crippen molar-refractivity contribution in [3.8, 4) is 0 Å². The molecule has 0 aliphatic carbocycles. The number of likely N-dealkylation sites (N-methyl/N-ethyl adjacent to an activating group) is 1. The first-order chi connectivity index (χ1) is 7.78. The Hall–Kier alpha value is -0.920. The molecule has 5 nitrogen and oxygen atoms in total. The van der Waals surface area contributed by atoms with Gasteiger partial charge in [-0.05, 0) is 13.8 Å². The molecule has 0 spiro atoms. The first kappa shape index (κ1) is 14.1. The van der Waals surface area contributed by atoms with Crippen LogP contribution in [0.2, 0.25) is 0 Å². The van der Waals surface area contributed by atoms with E-state index in [1.54, 1.807) is 20.8 Å². The Labute approximate surface area is 106 Å². The van der Waals surface area contributed by atoms with Crippen LogP contribution in [-0.4, -0.2) is 30.8 Å². The van der Waals surface area contributed by atoms with Crippen LogP contribution in [0.25, 0.3) is 0 Å². The number of hydrogen-bond acceptors (Lipinski definition) is 5. The molecule has 0 unspecified atom stereocenters. The molecule has 0 atom stereocenters. The second kappa shape index (κ2) is 5.16. The minimum atomic E-state index is -3.51. The van der Waals surface area contributed by atoms with Crippen molar-refractivity contribution in [2.45, 2.75) is 25.0 Å². The Morgan fingerprint density at radius 3 is 2.53 bits per heavy atom. The molecule has 1 rings (SSSR count). The molecule has 0 fully saturated rings. The van der Waals surface area contributed by atoms with Gasteiger partial charge in [-0.1, -0.05) is 30.4 Å². The number of aromatic nitrogens is 1. The van der Waals surface area contributed by atoms with Crippen molar-refractivity contribution >= 4 is 26.5 Å². The monoisotopic (exact) mass is 275 g/mol. The molecule has 0 aromatic carbocycles. The van der Waals surface area contributed by atoms with Crippen molar-refractivity contribution in [2.24, 2.45) is 0 Å². The van der Waals surface area contributed by atoms with Crippen molar-refractivity contribution in [1.82, 2.24) is 9.29 Å². The minimum absolute atomic E-state index is 0.220. The van der Waals surface area contributed by atoms with E-state index in [0.29, 0.717) is 18.8 Å². The second-order valence-corrected chi connectivity index (χ2v) is 6.98. The maximum absolute atomic E-state index is 12.3. The summed E-state index contributed by atoms with van der Waals surface area (Å²) in [6.07, 6.45) is 0. The van der Waals surface area contributed by atoms with Crippen LogP contribution in [0, 0.1) is 6.92 Å². The molecule has 0 saturated carbocycles. The molecular weight excluding hydrogens is 258 g/mol. The van der Waals surface area contributed by atoms with Crippen LogP contribution in [0.4, 0.5) is 5.13 Å². The number of hydrogen-bond donors (Lipinski definition) is 1. The molecule has 1 aromatic rings. The summed E-state index contributed by atoms with van der Waals surface area (Å²) in [6.45, 7) is 9.68. The number of aryl methyl sites for hydroxylation is 1. The van der Waals surface area contributed by atoms with Gasteiger partial charge in [-0.3, -0.25) is 0 Å². The van der Waals surface area contributed by atoms with Crippen molar-refractivity contribution in [1.29, 1.82) is 0 Å². The third-order valence-electron chi connectivity index (χ3n) is 2.14. The van der Waals surface area contributed by atoms with E-state index in [4.69, 9.17) is 5.73 Å². The van der Waals surface area contributed by atoms with E-state index < -0.39 is 10.0 Å². The van der Waals surface area contributed by atoms with Crippen LogP contribution in [0.3, 0.4) is 0 Å². The summed E-state index contributed by atoms with van der Waals surface area (Å²) in [5.41, 5.74) is 6.77. The molecule has 96 valence electrons. The Bertz CT molecular complexity index is 520. The van der Waals surface area contributed by atoms with Gasteiger partial charge in [0.05, 0.1) is 5.69 Å². The van der Waals surface area contributed by atoms with Crippen molar-refractivity contribution in [3.05, 3.63) is 17.8 Å². The van der Waals surface area contributed by atoms with Crippen LogP contribution in [-0.2, 0) is 10.0 Å². The highest BCUT2D eigenvalue weighted by Crippen LogP contribution is 2.28. The molecule has 0 bridgehead atoms. The SMILES string of the molecule is C=C(C)CN(CC)S(=O)(=O)c1sc(N)nc1C. The van der Waals surface area contributed by atoms with Crippen molar-refractivity contribution in [3.63, 3.8) is 0 Å². The van der Waals surface area contributed by atoms with E-state index in [-0.39, 0.29) is 9.34 Å². The highest BCUT2D eigenvalue weighted by Gasteiger charge is 2.27. The summed E-state index contributed by atoms with van der Waals surface area (Å²) < 4.78 is 26.3. The van der Waals surface area contributed by atoms with Gasteiger partial charge in [-0.25, -0.2) is 13.4 Å².